The first-order valence-corrected chi connectivity index (χ1v) is 6.84. The van der Waals surface area contributed by atoms with Crippen molar-refractivity contribution in [3.8, 4) is 0 Å². The van der Waals surface area contributed by atoms with Gasteiger partial charge in [-0.1, -0.05) is 0 Å². The van der Waals surface area contributed by atoms with Gasteiger partial charge >= 0.3 is 0 Å². The monoisotopic (exact) mass is 328 g/mol. The molecular formula is C7H6BrClN2O4S. The second kappa shape index (κ2) is 4.98. The molecule has 9 heteroatoms. The van der Waals surface area contributed by atoms with Gasteiger partial charge in [-0.3, -0.25) is 14.8 Å². The number of rotatable bonds is 4. The fourth-order valence-electron chi connectivity index (χ4n) is 0.900. The van der Waals surface area contributed by atoms with E-state index in [2.05, 4.69) is 20.7 Å². The van der Waals surface area contributed by atoms with Crippen molar-refractivity contribution in [2.45, 2.75) is 0 Å². The second-order valence-electron chi connectivity index (χ2n) is 2.75. The molecule has 0 radical (unpaired) electrons. The maximum absolute atomic E-state index is 11.2. The molecule has 6 nitrogen and oxygen atoms in total. The number of hydrogen-bond donors (Lipinski definition) is 1. The minimum Gasteiger partial charge on any atom is -0.281 e. The van der Waals surface area contributed by atoms with Crippen LogP contribution in [0.5, 0.6) is 0 Å². The second-order valence-corrected chi connectivity index (χ2v) is 5.91. The van der Waals surface area contributed by atoms with Gasteiger partial charge < -0.3 is 0 Å². The highest BCUT2D eigenvalue weighted by molar-refractivity contribution is 9.10. The first kappa shape index (κ1) is 13.2. The molecule has 0 aliphatic carbocycles. The maximum atomic E-state index is 11.2. The molecule has 88 valence electrons. The minimum atomic E-state index is -3.67. The van der Waals surface area contributed by atoms with Crippen LogP contribution in [0.1, 0.15) is 0 Å². The number of sulfonamides is 1. The van der Waals surface area contributed by atoms with E-state index in [-0.39, 0.29) is 11.4 Å². The van der Waals surface area contributed by atoms with Crippen molar-refractivity contribution in [2.24, 2.45) is 0 Å². The molecule has 0 atom stereocenters. The Balaban J connectivity index is 3.13. The van der Waals surface area contributed by atoms with E-state index >= 15 is 0 Å². The van der Waals surface area contributed by atoms with Crippen molar-refractivity contribution in [1.29, 1.82) is 0 Å². The van der Waals surface area contributed by atoms with Gasteiger partial charge in [0, 0.05) is 16.6 Å². The number of halogens is 2. The van der Waals surface area contributed by atoms with Gasteiger partial charge in [-0.2, -0.15) is 0 Å². The Morgan fingerprint density at radius 2 is 2.12 bits per heavy atom. The summed E-state index contributed by atoms with van der Waals surface area (Å²) in [6.07, 6.45) is 0. The Morgan fingerprint density at radius 1 is 1.50 bits per heavy atom. The molecule has 16 heavy (non-hydrogen) atoms. The van der Waals surface area contributed by atoms with Crippen molar-refractivity contribution in [2.75, 3.05) is 9.93 Å². The van der Waals surface area contributed by atoms with Gasteiger partial charge in [0.15, 0.2) is 0 Å². The fourth-order valence-corrected chi connectivity index (χ4v) is 2.10. The van der Waals surface area contributed by atoms with Crippen LogP contribution in [0.2, 0.25) is 0 Å². The summed E-state index contributed by atoms with van der Waals surface area (Å²) >= 11 is 8.27. The molecule has 1 N–H and O–H groups in total. The van der Waals surface area contributed by atoms with E-state index in [0.29, 0.717) is 4.47 Å². The standard InChI is InChI=1S/C7H6BrClN2O4S/c8-6-2-1-5(11(12)13)3-7(6)10-16(14,15)4-9/h1-3,10H,4H2. The highest BCUT2D eigenvalue weighted by atomic mass is 79.9. The summed E-state index contributed by atoms with van der Waals surface area (Å²) in [5, 5.41) is 9.86. The van der Waals surface area contributed by atoms with Crippen LogP contribution >= 0.6 is 27.5 Å². The number of nitro benzene ring substituents is 1. The third-order valence-electron chi connectivity index (χ3n) is 1.57. The lowest BCUT2D eigenvalue weighted by Gasteiger charge is -2.06. The summed E-state index contributed by atoms with van der Waals surface area (Å²) in [7, 11) is -3.67. The molecule has 0 bridgehead atoms. The summed E-state index contributed by atoms with van der Waals surface area (Å²) in [5.41, 5.74) is -0.134. The summed E-state index contributed by atoms with van der Waals surface area (Å²) in [5.74, 6) is 0. The molecule has 0 aliphatic rings. The van der Waals surface area contributed by atoms with E-state index in [0.717, 1.165) is 6.07 Å². The van der Waals surface area contributed by atoms with Crippen LogP contribution in [0.3, 0.4) is 0 Å². The van der Waals surface area contributed by atoms with Crippen LogP contribution < -0.4 is 4.72 Å². The third-order valence-corrected chi connectivity index (χ3v) is 3.94. The van der Waals surface area contributed by atoms with E-state index in [1.807, 2.05) is 0 Å². The highest BCUT2D eigenvalue weighted by Gasteiger charge is 2.14. The molecule has 0 saturated heterocycles. The van der Waals surface area contributed by atoms with E-state index in [4.69, 9.17) is 11.6 Å². The molecule has 0 aliphatic heterocycles. The molecule has 1 aromatic carbocycles. The van der Waals surface area contributed by atoms with Gasteiger partial charge in [0.25, 0.3) is 5.69 Å². The molecule has 1 rings (SSSR count). The highest BCUT2D eigenvalue weighted by Crippen LogP contribution is 2.27. The van der Waals surface area contributed by atoms with Crippen LogP contribution in [0.15, 0.2) is 22.7 Å². The number of hydrogen-bond acceptors (Lipinski definition) is 4. The Hall–Kier alpha value is -0.860. The summed E-state index contributed by atoms with van der Waals surface area (Å²) in [4.78, 5) is 9.87. The molecule has 0 fully saturated rings. The number of nitro groups is 1. The largest absolute Gasteiger partial charge is 0.281 e. The molecule has 0 spiro atoms. The van der Waals surface area contributed by atoms with Crippen molar-refractivity contribution < 1.29 is 13.3 Å². The Morgan fingerprint density at radius 3 is 2.62 bits per heavy atom. The maximum Gasteiger partial charge on any atom is 0.271 e. The lowest BCUT2D eigenvalue weighted by molar-refractivity contribution is -0.384. The zero-order valence-corrected chi connectivity index (χ0v) is 10.8. The van der Waals surface area contributed by atoms with Gasteiger partial charge in [0.05, 0.1) is 10.6 Å². The van der Waals surface area contributed by atoms with Crippen molar-refractivity contribution in [3.05, 3.63) is 32.8 Å². The van der Waals surface area contributed by atoms with Crippen LogP contribution in [0.4, 0.5) is 11.4 Å². The van der Waals surface area contributed by atoms with Gasteiger partial charge in [0.2, 0.25) is 10.0 Å². The van der Waals surface area contributed by atoms with Gasteiger partial charge in [-0.05, 0) is 22.0 Å². The van der Waals surface area contributed by atoms with Gasteiger partial charge in [-0.25, -0.2) is 8.42 Å². The third kappa shape index (κ3) is 3.32. The lowest BCUT2D eigenvalue weighted by Crippen LogP contribution is -2.13. The number of benzene rings is 1. The first-order valence-electron chi connectivity index (χ1n) is 3.86. The van der Waals surface area contributed by atoms with Gasteiger partial charge in [0.1, 0.15) is 5.21 Å². The SMILES string of the molecule is O=[N+]([O-])c1ccc(Br)c(NS(=O)(=O)CCl)c1. The smallest absolute Gasteiger partial charge is 0.271 e. The summed E-state index contributed by atoms with van der Waals surface area (Å²) in [6.45, 7) is 0. The Bertz CT molecular complexity index is 519. The zero-order chi connectivity index (χ0) is 12.3. The quantitative estimate of drug-likeness (QED) is 0.521. The average Bonchev–Trinajstić information content (AvgIpc) is 2.21. The number of non-ortho nitro benzene ring substituents is 1. The van der Waals surface area contributed by atoms with Gasteiger partial charge in [-0.15, -0.1) is 11.6 Å². The van der Waals surface area contributed by atoms with Crippen LogP contribution in [-0.2, 0) is 10.0 Å². The molecule has 0 amide bonds. The normalized spacial score (nSPS) is 11.1. The number of nitrogens with one attached hydrogen (secondary N) is 1. The van der Waals surface area contributed by atoms with Crippen molar-refractivity contribution >= 4 is 48.9 Å². The topological polar surface area (TPSA) is 89.3 Å². The predicted molar refractivity (Wildman–Crippen MR) is 64.1 cm³/mol. The van der Waals surface area contributed by atoms with Crippen LogP contribution in [-0.4, -0.2) is 18.6 Å². The number of anilines is 1. The summed E-state index contributed by atoms with van der Waals surface area (Å²) < 4.78 is 24.9. The molecule has 0 aromatic heterocycles. The average molecular weight is 330 g/mol. The molecular weight excluding hydrogens is 324 g/mol. The van der Waals surface area contributed by atoms with E-state index < -0.39 is 20.2 Å². The zero-order valence-electron chi connectivity index (χ0n) is 7.68. The molecule has 0 heterocycles. The lowest BCUT2D eigenvalue weighted by atomic mass is 10.3. The van der Waals surface area contributed by atoms with Crippen molar-refractivity contribution in [1.82, 2.24) is 0 Å². The van der Waals surface area contributed by atoms with E-state index in [1.54, 1.807) is 0 Å². The number of nitrogens with zero attached hydrogens (tertiary/aromatic N) is 1. The van der Waals surface area contributed by atoms with Crippen LogP contribution in [0.25, 0.3) is 0 Å². The Kier molecular flexibility index (Phi) is 4.11. The number of alkyl halides is 1. The predicted octanol–water partition coefficient (Wildman–Crippen LogP) is 2.30. The Labute approximate surface area is 105 Å². The first-order chi connectivity index (χ1) is 7.35. The fraction of sp³-hybridized carbons (Fsp3) is 0.143. The molecule has 0 unspecified atom stereocenters. The van der Waals surface area contributed by atoms with Crippen LogP contribution in [0, 0.1) is 10.1 Å². The van der Waals surface area contributed by atoms with E-state index in [1.165, 1.54) is 12.1 Å². The van der Waals surface area contributed by atoms with Crippen molar-refractivity contribution in [3.63, 3.8) is 0 Å². The summed E-state index contributed by atoms with van der Waals surface area (Å²) in [6, 6.07) is 3.74. The molecule has 0 saturated carbocycles. The minimum absolute atomic E-state index is 0.0786. The van der Waals surface area contributed by atoms with E-state index in [9.17, 15) is 18.5 Å². The molecule has 1 aromatic rings.